The van der Waals surface area contributed by atoms with Gasteiger partial charge in [-0.05, 0) is 47.0 Å². The standard InChI is InChI=1S/C14H22BrNO/c1-3-4-8-16-9-5-10-17-14-7-6-12(2)11-13(14)15/h6-7,11,16H,3-5,8-10H2,1-2H3/p+1. The van der Waals surface area contributed by atoms with E-state index in [-0.39, 0.29) is 0 Å². The maximum atomic E-state index is 5.73. The lowest BCUT2D eigenvalue weighted by Crippen LogP contribution is -2.84. The van der Waals surface area contributed by atoms with Gasteiger partial charge in [0.2, 0.25) is 0 Å². The second-order valence-corrected chi connectivity index (χ2v) is 5.21. The van der Waals surface area contributed by atoms with Gasteiger partial charge in [-0.2, -0.15) is 0 Å². The number of rotatable bonds is 8. The number of benzene rings is 1. The fourth-order valence-electron chi connectivity index (χ4n) is 1.63. The highest BCUT2D eigenvalue weighted by Gasteiger charge is 2.00. The minimum Gasteiger partial charge on any atom is -0.492 e. The van der Waals surface area contributed by atoms with Gasteiger partial charge in [0, 0.05) is 6.42 Å². The largest absolute Gasteiger partial charge is 0.492 e. The zero-order valence-corrected chi connectivity index (χ0v) is 12.4. The smallest absolute Gasteiger partial charge is 0.133 e. The van der Waals surface area contributed by atoms with E-state index >= 15 is 0 Å². The van der Waals surface area contributed by atoms with Crippen molar-refractivity contribution in [3.05, 3.63) is 28.2 Å². The number of hydrogen-bond donors (Lipinski definition) is 1. The lowest BCUT2D eigenvalue weighted by atomic mass is 10.2. The Morgan fingerprint density at radius 2 is 2.00 bits per heavy atom. The fraction of sp³-hybridized carbons (Fsp3) is 0.571. The van der Waals surface area contributed by atoms with E-state index in [0.29, 0.717) is 0 Å². The van der Waals surface area contributed by atoms with Crippen LogP contribution in [0.25, 0.3) is 0 Å². The molecule has 0 saturated carbocycles. The van der Waals surface area contributed by atoms with E-state index in [1.165, 1.54) is 24.9 Å². The van der Waals surface area contributed by atoms with E-state index in [4.69, 9.17) is 4.74 Å². The summed E-state index contributed by atoms with van der Waals surface area (Å²) < 4.78 is 6.78. The van der Waals surface area contributed by atoms with E-state index in [2.05, 4.69) is 47.2 Å². The zero-order chi connectivity index (χ0) is 12.5. The van der Waals surface area contributed by atoms with Gasteiger partial charge in [0.1, 0.15) is 5.75 Å². The van der Waals surface area contributed by atoms with Crippen molar-refractivity contribution in [3.8, 4) is 5.75 Å². The second kappa shape index (κ2) is 8.54. The number of hydrogen-bond acceptors (Lipinski definition) is 1. The Labute approximate surface area is 113 Å². The van der Waals surface area contributed by atoms with Crippen LogP contribution in [0.15, 0.2) is 22.7 Å². The minimum atomic E-state index is 0.796. The van der Waals surface area contributed by atoms with Crippen LogP contribution in [0.2, 0.25) is 0 Å². The Bertz CT molecular complexity index is 328. The predicted molar refractivity (Wildman–Crippen MR) is 75.6 cm³/mol. The molecule has 0 radical (unpaired) electrons. The number of nitrogens with two attached hydrogens (primary N) is 1. The quantitative estimate of drug-likeness (QED) is 0.734. The fourth-order valence-corrected chi connectivity index (χ4v) is 2.23. The van der Waals surface area contributed by atoms with Crippen LogP contribution in [0.4, 0.5) is 0 Å². The highest BCUT2D eigenvalue weighted by Crippen LogP contribution is 2.25. The average Bonchev–Trinajstić information content (AvgIpc) is 2.30. The molecule has 0 aliphatic carbocycles. The molecule has 0 aliphatic rings. The summed E-state index contributed by atoms with van der Waals surface area (Å²) in [6.45, 7) is 7.50. The Balaban J connectivity index is 2.14. The van der Waals surface area contributed by atoms with Gasteiger partial charge in [0.25, 0.3) is 0 Å². The van der Waals surface area contributed by atoms with Crippen molar-refractivity contribution < 1.29 is 10.1 Å². The van der Waals surface area contributed by atoms with Crippen molar-refractivity contribution in [2.24, 2.45) is 0 Å². The average molecular weight is 301 g/mol. The normalized spacial score (nSPS) is 10.5. The van der Waals surface area contributed by atoms with Crippen LogP contribution in [0.1, 0.15) is 31.7 Å². The maximum Gasteiger partial charge on any atom is 0.133 e. The molecular weight excluding hydrogens is 278 g/mol. The highest BCUT2D eigenvalue weighted by atomic mass is 79.9. The lowest BCUT2D eigenvalue weighted by molar-refractivity contribution is -0.655. The van der Waals surface area contributed by atoms with Crippen LogP contribution in [0.5, 0.6) is 5.75 Å². The molecule has 17 heavy (non-hydrogen) atoms. The lowest BCUT2D eigenvalue weighted by Gasteiger charge is -2.08. The number of halogens is 1. The summed E-state index contributed by atoms with van der Waals surface area (Å²) in [6, 6.07) is 6.19. The molecular formula is C14H23BrNO+. The summed E-state index contributed by atoms with van der Waals surface area (Å²) in [7, 11) is 0. The van der Waals surface area contributed by atoms with Gasteiger partial charge in [-0.15, -0.1) is 0 Å². The number of ether oxygens (including phenoxy) is 1. The molecule has 2 nitrogen and oxygen atoms in total. The summed E-state index contributed by atoms with van der Waals surface area (Å²) in [5.41, 5.74) is 1.25. The molecule has 0 aliphatic heterocycles. The maximum absolute atomic E-state index is 5.73. The number of quaternary nitrogens is 1. The molecule has 2 N–H and O–H groups in total. The van der Waals surface area contributed by atoms with Gasteiger partial charge >= 0.3 is 0 Å². The van der Waals surface area contributed by atoms with E-state index in [9.17, 15) is 0 Å². The first-order chi connectivity index (χ1) is 8.24. The van der Waals surface area contributed by atoms with Crippen LogP contribution in [-0.4, -0.2) is 19.7 Å². The molecule has 1 rings (SSSR count). The molecule has 3 heteroatoms. The molecule has 96 valence electrons. The van der Waals surface area contributed by atoms with E-state index < -0.39 is 0 Å². The van der Waals surface area contributed by atoms with Crippen molar-refractivity contribution in [2.75, 3.05) is 19.7 Å². The van der Waals surface area contributed by atoms with Gasteiger partial charge < -0.3 is 10.1 Å². The molecule has 0 fully saturated rings. The van der Waals surface area contributed by atoms with E-state index in [1.54, 1.807) is 0 Å². The molecule has 0 heterocycles. The van der Waals surface area contributed by atoms with E-state index in [1.807, 2.05) is 6.07 Å². The molecule has 1 aromatic rings. The molecule has 0 saturated heterocycles. The monoisotopic (exact) mass is 300 g/mol. The molecule has 0 bridgehead atoms. The van der Waals surface area contributed by atoms with Gasteiger partial charge in [-0.3, -0.25) is 0 Å². The Kier molecular flexibility index (Phi) is 7.29. The number of aryl methyl sites for hydroxylation is 1. The van der Waals surface area contributed by atoms with Crippen LogP contribution >= 0.6 is 15.9 Å². The summed E-state index contributed by atoms with van der Waals surface area (Å²) in [4.78, 5) is 0. The Hall–Kier alpha value is -0.540. The summed E-state index contributed by atoms with van der Waals surface area (Å²) in [5.74, 6) is 0.948. The van der Waals surface area contributed by atoms with Crippen LogP contribution in [0, 0.1) is 6.92 Å². The highest BCUT2D eigenvalue weighted by molar-refractivity contribution is 9.10. The predicted octanol–water partition coefficient (Wildman–Crippen LogP) is 2.89. The van der Waals surface area contributed by atoms with Crippen LogP contribution in [-0.2, 0) is 0 Å². The summed E-state index contributed by atoms with van der Waals surface area (Å²) >= 11 is 3.52. The van der Waals surface area contributed by atoms with E-state index in [0.717, 1.165) is 29.8 Å². The molecule has 1 aromatic carbocycles. The van der Waals surface area contributed by atoms with Crippen molar-refractivity contribution in [2.45, 2.75) is 33.1 Å². The van der Waals surface area contributed by atoms with Crippen LogP contribution in [0.3, 0.4) is 0 Å². The third-order valence-electron chi connectivity index (χ3n) is 2.66. The van der Waals surface area contributed by atoms with Gasteiger partial charge in [-0.25, -0.2) is 0 Å². The first-order valence-electron chi connectivity index (χ1n) is 6.44. The van der Waals surface area contributed by atoms with Gasteiger partial charge in [0.05, 0.1) is 24.2 Å². The van der Waals surface area contributed by atoms with Crippen molar-refractivity contribution in [3.63, 3.8) is 0 Å². The molecule has 0 amide bonds. The molecule has 0 aromatic heterocycles. The molecule has 0 unspecified atom stereocenters. The van der Waals surface area contributed by atoms with Crippen LogP contribution < -0.4 is 10.1 Å². The SMILES string of the molecule is CCCC[NH2+]CCCOc1ccc(C)cc1Br. The summed E-state index contributed by atoms with van der Waals surface area (Å²) in [6.07, 6.45) is 3.69. The third-order valence-corrected chi connectivity index (χ3v) is 3.28. The third kappa shape index (κ3) is 6.08. The second-order valence-electron chi connectivity index (χ2n) is 4.36. The van der Waals surface area contributed by atoms with Crippen molar-refractivity contribution in [1.29, 1.82) is 0 Å². The zero-order valence-electron chi connectivity index (χ0n) is 10.8. The number of unbranched alkanes of at least 4 members (excludes halogenated alkanes) is 1. The first-order valence-corrected chi connectivity index (χ1v) is 7.24. The Morgan fingerprint density at radius 3 is 2.71 bits per heavy atom. The molecule has 0 spiro atoms. The Morgan fingerprint density at radius 1 is 1.24 bits per heavy atom. The molecule has 0 atom stereocenters. The van der Waals surface area contributed by atoms with Crippen molar-refractivity contribution in [1.82, 2.24) is 0 Å². The van der Waals surface area contributed by atoms with Gasteiger partial charge in [0.15, 0.2) is 0 Å². The van der Waals surface area contributed by atoms with Crippen molar-refractivity contribution >= 4 is 15.9 Å². The first kappa shape index (κ1) is 14.5. The van der Waals surface area contributed by atoms with Gasteiger partial charge in [-0.1, -0.05) is 19.4 Å². The summed E-state index contributed by atoms with van der Waals surface area (Å²) in [5, 5.41) is 2.37. The topological polar surface area (TPSA) is 25.8 Å². The minimum absolute atomic E-state index is 0.796.